The number of aliphatic imine (C=N–C) groups is 1. The maximum Gasteiger partial charge on any atom is 0.240 e. The molecule has 2 aromatic carbocycles. The normalized spacial score (nSPS) is 12.4. The highest BCUT2D eigenvalue weighted by molar-refractivity contribution is 7.89. The summed E-state index contributed by atoms with van der Waals surface area (Å²) < 4.78 is 26.5. The molecular weight excluding hydrogens is 310 g/mol. The second-order valence-electron chi connectivity index (χ2n) is 5.43. The van der Waals surface area contributed by atoms with Gasteiger partial charge in [-0.1, -0.05) is 30.3 Å². The summed E-state index contributed by atoms with van der Waals surface area (Å²) in [6.45, 7) is 5.67. The largest absolute Gasteiger partial charge is 0.383 e. The van der Waals surface area contributed by atoms with E-state index in [1.807, 2.05) is 32.0 Å². The number of para-hydroxylation sites is 1. The smallest absolute Gasteiger partial charge is 0.240 e. The van der Waals surface area contributed by atoms with Gasteiger partial charge in [0, 0.05) is 5.56 Å². The van der Waals surface area contributed by atoms with Gasteiger partial charge in [-0.05, 0) is 50.6 Å². The van der Waals surface area contributed by atoms with Gasteiger partial charge in [0.05, 0.1) is 10.6 Å². The van der Waals surface area contributed by atoms with E-state index in [0.29, 0.717) is 11.1 Å². The summed E-state index contributed by atoms with van der Waals surface area (Å²) in [6.07, 6.45) is 0. The Morgan fingerprint density at radius 1 is 1.04 bits per heavy atom. The van der Waals surface area contributed by atoms with Crippen LogP contribution in [0, 0.1) is 20.8 Å². The van der Waals surface area contributed by atoms with Gasteiger partial charge in [0.1, 0.15) is 5.84 Å². The summed E-state index contributed by atoms with van der Waals surface area (Å²) >= 11 is 0. The molecule has 0 atom stereocenters. The van der Waals surface area contributed by atoms with Crippen molar-refractivity contribution < 1.29 is 8.42 Å². The molecule has 23 heavy (non-hydrogen) atoms. The van der Waals surface area contributed by atoms with Crippen molar-refractivity contribution in [3.05, 3.63) is 58.7 Å². The highest BCUT2D eigenvalue weighted by Gasteiger charge is 2.16. The van der Waals surface area contributed by atoms with Crippen molar-refractivity contribution in [1.82, 2.24) is 4.72 Å². The molecule has 0 aliphatic carbocycles. The molecule has 0 saturated carbocycles. The Morgan fingerprint density at radius 3 is 2.22 bits per heavy atom. The lowest BCUT2D eigenvalue weighted by molar-refractivity contribution is 0.587. The molecule has 3 N–H and O–H groups in total. The van der Waals surface area contributed by atoms with Gasteiger partial charge in [0.15, 0.2) is 0 Å². The second-order valence-corrected chi connectivity index (χ2v) is 7.28. The zero-order chi connectivity index (χ0) is 17.2. The molecule has 0 fully saturated rings. The number of benzene rings is 2. The fourth-order valence-corrected chi connectivity index (χ4v) is 3.32. The summed E-state index contributed by atoms with van der Waals surface area (Å²) in [5.41, 5.74) is 10.2. The first-order valence-corrected chi connectivity index (χ1v) is 8.69. The van der Waals surface area contributed by atoms with Gasteiger partial charge in [-0.3, -0.25) is 0 Å². The van der Waals surface area contributed by atoms with Crippen LogP contribution in [0.2, 0.25) is 0 Å². The lowest BCUT2D eigenvalue weighted by Gasteiger charge is -2.10. The van der Waals surface area contributed by atoms with E-state index < -0.39 is 10.0 Å². The van der Waals surface area contributed by atoms with Crippen LogP contribution in [0.5, 0.6) is 0 Å². The van der Waals surface area contributed by atoms with Crippen LogP contribution in [-0.4, -0.2) is 21.3 Å². The van der Waals surface area contributed by atoms with Crippen molar-refractivity contribution in [2.75, 3.05) is 7.05 Å². The standard InChI is InChI=1S/C17H21N3O2S/c1-11-8-9-14(10-15(11)23(21,22)19-4)17(18)20-16-12(2)6-5-7-13(16)3/h5-10,19H,1-4H3,(H2,18,20). The number of hydrogen-bond donors (Lipinski definition) is 2. The number of nitrogens with zero attached hydrogens (tertiary/aromatic N) is 1. The summed E-state index contributed by atoms with van der Waals surface area (Å²) in [5.74, 6) is 0.287. The van der Waals surface area contributed by atoms with Gasteiger partial charge >= 0.3 is 0 Å². The summed E-state index contributed by atoms with van der Waals surface area (Å²) in [4.78, 5) is 4.69. The van der Waals surface area contributed by atoms with Crippen molar-refractivity contribution in [2.24, 2.45) is 10.7 Å². The molecule has 0 heterocycles. The van der Waals surface area contributed by atoms with Crippen LogP contribution < -0.4 is 10.5 Å². The molecule has 0 aromatic heterocycles. The van der Waals surface area contributed by atoms with E-state index in [4.69, 9.17) is 5.73 Å². The molecule has 0 aliphatic rings. The van der Waals surface area contributed by atoms with Crippen LogP contribution in [0.1, 0.15) is 22.3 Å². The van der Waals surface area contributed by atoms with Gasteiger partial charge < -0.3 is 5.73 Å². The fraction of sp³-hybridized carbons (Fsp3) is 0.235. The minimum atomic E-state index is -3.53. The molecule has 0 unspecified atom stereocenters. The third kappa shape index (κ3) is 3.60. The molecule has 0 amide bonds. The molecule has 5 nitrogen and oxygen atoms in total. The van der Waals surface area contributed by atoms with Crippen LogP contribution in [-0.2, 0) is 10.0 Å². The highest BCUT2D eigenvalue weighted by atomic mass is 32.2. The van der Waals surface area contributed by atoms with E-state index in [9.17, 15) is 8.42 Å². The van der Waals surface area contributed by atoms with Crippen LogP contribution in [0.4, 0.5) is 5.69 Å². The van der Waals surface area contributed by atoms with Gasteiger partial charge in [-0.25, -0.2) is 18.1 Å². The maximum atomic E-state index is 12.1. The molecule has 2 rings (SSSR count). The van der Waals surface area contributed by atoms with Gasteiger partial charge in [-0.15, -0.1) is 0 Å². The highest BCUT2D eigenvalue weighted by Crippen LogP contribution is 2.24. The molecule has 2 aromatic rings. The Hall–Kier alpha value is -2.18. The Labute approximate surface area is 137 Å². The third-order valence-electron chi connectivity index (χ3n) is 3.71. The number of rotatable bonds is 4. The first-order valence-electron chi connectivity index (χ1n) is 7.21. The number of hydrogen-bond acceptors (Lipinski definition) is 3. The van der Waals surface area contributed by atoms with E-state index in [1.54, 1.807) is 25.1 Å². The summed E-state index contributed by atoms with van der Waals surface area (Å²) in [7, 11) is -2.15. The van der Waals surface area contributed by atoms with E-state index in [-0.39, 0.29) is 10.7 Å². The van der Waals surface area contributed by atoms with Crippen LogP contribution >= 0.6 is 0 Å². The predicted octanol–water partition coefficient (Wildman–Crippen LogP) is 2.56. The lowest BCUT2D eigenvalue weighted by atomic mass is 10.1. The van der Waals surface area contributed by atoms with Crippen molar-refractivity contribution in [2.45, 2.75) is 25.7 Å². The SMILES string of the molecule is CNS(=O)(=O)c1cc(C(N)=Nc2c(C)cccc2C)ccc1C. The average molecular weight is 331 g/mol. The van der Waals surface area contributed by atoms with Crippen LogP contribution in [0.15, 0.2) is 46.3 Å². The Bertz CT molecular complexity index is 851. The Morgan fingerprint density at radius 2 is 1.65 bits per heavy atom. The zero-order valence-electron chi connectivity index (χ0n) is 13.7. The van der Waals surface area contributed by atoms with Crippen molar-refractivity contribution in [3.63, 3.8) is 0 Å². The Balaban J connectivity index is 2.55. The number of amidine groups is 1. The fourth-order valence-electron chi connectivity index (χ4n) is 2.33. The zero-order valence-corrected chi connectivity index (χ0v) is 14.5. The van der Waals surface area contributed by atoms with Gasteiger partial charge in [0.25, 0.3) is 0 Å². The van der Waals surface area contributed by atoms with E-state index in [2.05, 4.69) is 9.71 Å². The van der Waals surface area contributed by atoms with Crippen molar-refractivity contribution >= 4 is 21.5 Å². The minimum Gasteiger partial charge on any atom is -0.383 e. The number of sulfonamides is 1. The first-order chi connectivity index (χ1) is 10.8. The third-order valence-corrected chi connectivity index (χ3v) is 5.27. The summed E-state index contributed by atoms with van der Waals surface area (Å²) in [6, 6.07) is 10.9. The molecule has 0 aliphatic heterocycles. The quantitative estimate of drug-likeness (QED) is 0.667. The first kappa shape index (κ1) is 17.2. The monoisotopic (exact) mass is 331 g/mol. The topological polar surface area (TPSA) is 84.5 Å². The molecule has 0 saturated heterocycles. The van der Waals surface area contributed by atoms with Crippen molar-refractivity contribution in [3.8, 4) is 0 Å². The molecule has 0 radical (unpaired) electrons. The Kier molecular flexibility index (Phi) is 4.87. The second kappa shape index (κ2) is 6.52. The number of nitrogens with one attached hydrogen (secondary N) is 1. The molecule has 6 heteroatoms. The van der Waals surface area contributed by atoms with Gasteiger partial charge in [-0.2, -0.15) is 0 Å². The number of nitrogens with two attached hydrogens (primary N) is 1. The van der Waals surface area contributed by atoms with Crippen molar-refractivity contribution in [1.29, 1.82) is 0 Å². The lowest BCUT2D eigenvalue weighted by Crippen LogP contribution is -2.21. The minimum absolute atomic E-state index is 0.206. The predicted molar refractivity (Wildman–Crippen MR) is 93.7 cm³/mol. The maximum absolute atomic E-state index is 12.1. The summed E-state index contributed by atoms with van der Waals surface area (Å²) in [5, 5.41) is 0. The van der Waals surface area contributed by atoms with E-state index >= 15 is 0 Å². The molecule has 0 spiro atoms. The van der Waals surface area contributed by atoms with Crippen LogP contribution in [0.25, 0.3) is 0 Å². The van der Waals surface area contributed by atoms with E-state index in [1.165, 1.54) is 7.05 Å². The average Bonchev–Trinajstić information content (AvgIpc) is 2.51. The van der Waals surface area contributed by atoms with Crippen LogP contribution in [0.3, 0.4) is 0 Å². The van der Waals surface area contributed by atoms with Gasteiger partial charge in [0.2, 0.25) is 10.0 Å². The molecule has 0 bridgehead atoms. The molecule has 122 valence electrons. The number of aryl methyl sites for hydroxylation is 3. The van der Waals surface area contributed by atoms with E-state index in [0.717, 1.165) is 16.8 Å². The molecular formula is C17H21N3O2S.